The smallest absolute Gasteiger partial charge is 0.210 e. The zero-order valence-electron chi connectivity index (χ0n) is 10.6. The van der Waals surface area contributed by atoms with Gasteiger partial charge in [-0.05, 0) is 35.7 Å². The van der Waals surface area contributed by atoms with Gasteiger partial charge in [0.1, 0.15) is 0 Å². The van der Waals surface area contributed by atoms with E-state index in [0.29, 0.717) is 11.4 Å². The van der Waals surface area contributed by atoms with E-state index >= 15 is 0 Å². The maximum Gasteiger partial charge on any atom is 0.240 e. The molecule has 108 valence electrons. The summed E-state index contributed by atoms with van der Waals surface area (Å²) in [6, 6.07) is 10.7. The van der Waals surface area contributed by atoms with E-state index < -0.39 is 10.0 Å². The van der Waals surface area contributed by atoms with E-state index in [4.69, 9.17) is 0 Å². The Morgan fingerprint density at radius 1 is 1.20 bits per heavy atom. The Hall–Kier alpha value is -0.340. The number of hydrogen-bond donors (Lipinski definition) is 1. The molecule has 7 heteroatoms. The van der Waals surface area contributed by atoms with E-state index in [1.165, 1.54) is 4.88 Å². The van der Waals surface area contributed by atoms with E-state index in [2.05, 4.69) is 26.7 Å². The number of nitrogens with one attached hydrogen (secondary N) is 1. The first-order chi connectivity index (χ1) is 9.58. The number of rotatable bonds is 7. The van der Waals surface area contributed by atoms with Gasteiger partial charge in [0.2, 0.25) is 10.0 Å². The zero-order chi connectivity index (χ0) is 14.4. The van der Waals surface area contributed by atoms with Crippen LogP contribution in [-0.2, 0) is 15.8 Å². The Bertz CT molecular complexity index is 624. The van der Waals surface area contributed by atoms with Crippen LogP contribution in [0.4, 0.5) is 0 Å². The van der Waals surface area contributed by atoms with Crippen LogP contribution in [-0.4, -0.2) is 20.7 Å². The van der Waals surface area contributed by atoms with Crippen LogP contribution in [0.25, 0.3) is 0 Å². The molecule has 0 radical (unpaired) electrons. The Morgan fingerprint density at radius 3 is 2.60 bits per heavy atom. The lowest BCUT2D eigenvalue weighted by Gasteiger charge is -2.06. The van der Waals surface area contributed by atoms with Gasteiger partial charge in [0.05, 0.1) is 4.90 Å². The van der Waals surface area contributed by atoms with Crippen molar-refractivity contribution in [2.24, 2.45) is 0 Å². The van der Waals surface area contributed by atoms with Crippen molar-refractivity contribution < 1.29 is 8.42 Å². The van der Waals surface area contributed by atoms with Gasteiger partial charge in [0.15, 0.2) is 0 Å². The topological polar surface area (TPSA) is 46.2 Å². The number of thiophene rings is 1. The largest absolute Gasteiger partial charge is 0.240 e. The Labute approximate surface area is 136 Å². The van der Waals surface area contributed by atoms with Gasteiger partial charge in [0, 0.05) is 27.4 Å². The van der Waals surface area contributed by atoms with E-state index in [1.54, 1.807) is 47.4 Å². The molecular weight excluding hydrogens is 378 g/mol. The standard InChI is InChI=1S/C13H14BrNO2S3/c14-11-3-5-13(6-4-11)20(16,17)15-7-9-18-10-12-2-1-8-19-12/h1-6,8,15H,7,9-10H2. The zero-order valence-corrected chi connectivity index (χ0v) is 14.6. The average Bonchev–Trinajstić information content (AvgIpc) is 2.92. The van der Waals surface area contributed by atoms with Crippen LogP contribution in [0.1, 0.15) is 4.88 Å². The van der Waals surface area contributed by atoms with Crippen molar-refractivity contribution >= 4 is 49.1 Å². The Morgan fingerprint density at radius 2 is 1.95 bits per heavy atom. The van der Waals surface area contributed by atoms with Crippen molar-refractivity contribution in [3.63, 3.8) is 0 Å². The second kappa shape index (κ2) is 7.61. The van der Waals surface area contributed by atoms with Crippen LogP contribution in [0.5, 0.6) is 0 Å². The minimum atomic E-state index is -3.39. The lowest BCUT2D eigenvalue weighted by Crippen LogP contribution is -2.26. The fourth-order valence-electron chi connectivity index (χ4n) is 1.51. The Kier molecular flexibility index (Phi) is 6.10. The maximum absolute atomic E-state index is 12.0. The SMILES string of the molecule is O=S(=O)(NCCSCc1cccs1)c1ccc(Br)cc1. The summed E-state index contributed by atoms with van der Waals surface area (Å²) >= 11 is 6.73. The number of thioether (sulfide) groups is 1. The summed E-state index contributed by atoms with van der Waals surface area (Å²) in [6.45, 7) is 0.439. The van der Waals surface area contributed by atoms with Crippen LogP contribution in [0.15, 0.2) is 51.1 Å². The van der Waals surface area contributed by atoms with Gasteiger partial charge in [-0.1, -0.05) is 22.0 Å². The van der Waals surface area contributed by atoms with Gasteiger partial charge >= 0.3 is 0 Å². The molecule has 1 aromatic carbocycles. The van der Waals surface area contributed by atoms with Crippen molar-refractivity contribution in [1.82, 2.24) is 4.72 Å². The molecule has 0 amide bonds. The van der Waals surface area contributed by atoms with Crippen LogP contribution in [0.2, 0.25) is 0 Å². The third-order valence-electron chi connectivity index (χ3n) is 2.49. The second-order valence-corrected chi connectivity index (χ2v) is 8.80. The highest BCUT2D eigenvalue weighted by atomic mass is 79.9. The van der Waals surface area contributed by atoms with Gasteiger partial charge in [0.25, 0.3) is 0 Å². The van der Waals surface area contributed by atoms with Crippen molar-refractivity contribution in [1.29, 1.82) is 0 Å². The first-order valence-electron chi connectivity index (χ1n) is 5.93. The molecule has 20 heavy (non-hydrogen) atoms. The number of halogens is 1. The predicted octanol–water partition coefficient (Wildman–Crippen LogP) is 3.72. The fraction of sp³-hybridized carbons (Fsp3) is 0.231. The summed E-state index contributed by atoms with van der Waals surface area (Å²) < 4.78 is 27.5. The van der Waals surface area contributed by atoms with Crippen molar-refractivity contribution in [2.75, 3.05) is 12.3 Å². The molecule has 2 aromatic rings. The first-order valence-corrected chi connectivity index (χ1v) is 10.2. The lowest BCUT2D eigenvalue weighted by atomic mass is 10.4. The molecule has 0 aliphatic carbocycles. The monoisotopic (exact) mass is 391 g/mol. The molecule has 0 unspecified atom stereocenters. The average molecular weight is 392 g/mol. The summed E-state index contributed by atoms with van der Waals surface area (Å²) in [6.07, 6.45) is 0. The quantitative estimate of drug-likeness (QED) is 0.731. The highest BCUT2D eigenvalue weighted by Gasteiger charge is 2.12. The van der Waals surface area contributed by atoms with Crippen molar-refractivity contribution in [3.8, 4) is 0 Å². The third-order valence-corrected chi connectivity index (χ3v) is 6.56. The van der Waals surface area contributed by atoms with E-state index in [0.717, 1.165) is 16.0 Å². The molecule has 0 bridgehead atoms. The van der Waals surface area contributed by atoms with Crippen LogP contribution in [0.3, 0.4) is 0 Å². The van der Waals surface area contributed by atoms with E-state index in [-0.39, 0.29) is 0 Å². The first kappa shape index (κ1) is 16.0. The summed E-state index contributed by atoms with van der Waals surface area (Å²) in [5.41, 5.74) is 0. The molecule has 3 nitrogen and oxygen atoms in total. The number of sulfonamides is 1. The molecule has 0 aliphatic heterocycles. The van der Waals surface area contributed by atoms with Gasteiger partial charge in [-0.2, -0.15) is 11.8 Å². The molecule has 0 aliphatic rings. The number of benzene rings is 1. The fourth-order valence-corrected chi connectivity index (χ4v) is 4.64. The van der Waals surface area contributed by atoms with Crippen LogP contribution >= 0.6 is 39.0 Å². The molecule has 2 rings (SSSR count). The summed E-state index contributed by atoms with van der Waals surface area (Å²) in [5, 5.41) is 2.05. The molecule has 0 fully saturated rings. The van der Waals surface area contributed by atoms with Crippen molar-refractivity contribution in [2.45, 2.75) is 10.6 Å². The van der Waals surface area contributed by atoms with Gasteiger partial charge < -0.3 is 0 Å². The number of hydrogen-bond acceptors (Lipinski definition) is 4. The summed E-state index contributed by atoms with van der Waals surface area (Å²) in [5.74, 6) is 1.69. The molecule has 1 N–H and O–H groups in total. The summed E-state index contributed by atoms with van der Waals surface area (Å²) in [7, 11) is -3.39. The van der Waals surface area contributed by atoms with Crippen LogP contribution < -0.4 is 4.72 Å². The van der Waals surface area contributed by atoms with Crippen molar-refractivity contribution in [3.05, 3.63) is 51.1 Å². The van der Waals surface area contributed by atoms with Gasteiger partial charge in [-0.3, -0.25) is 0 Å². The molecular formula is C13H14BrNO2S3. The molecule has 1 aromatic heterocycles. The normalized spacial score (nSPS) is 11.7. The highest BCUT2D eigenvalue weighted by molar-refractivity contribution is 9.10. The van der Waals surface area contributed by atoms with Gasteiger partial charge in [-0.15, -0.1) is 11.3 Å². The minimum Gasteiger partial charge on any atom is -0.210 e. The van der Waals surface area contributed by atoms with Gasteiger partial charge in [-0.25, -0.2) is 13.1 Å². The van der Waals surface area contributed by atoms with E-state index in [1.807, 2.05) is 11.4 Å². The van der Waals surface area contributed by atoms with E-state index in [9.17, 15) is 8.42 Å². The summed E-state index contributed by atoms with van der Waals surface area (Å²) in [4.78, 5) is 1.61. The molecule has 0 atom stereocenters. The Balaban J connectivity index is 1.76. The molecule has 1 heterocycles. The lowest BCUT2D eigenvalue weighted by molar-refractivity contribution is 0.584. The minimum absolute atomic E-state index is 0.295. The molecule has 0 saturated carbocycles. The molecule has 0 saturated heterocycles. The predicted molar refractivity (Wildman–Crippen MR) is 89.8 cm³/mol. The maximum atomic E-state index is 12.0. The third kappa shape index (κ3) is 4.89. The highest BCUT2D eigenvalue weighted by Crippen LogP contribution is 2.17. The van der Waals surface area contributed by atoms with Crippen LogP contribution in [0, 0.1) is 0 Å². The molecule has 0 spiro atoms. The second-order valence-electron chi connectivity index (χ2n) is 3.98.